The van der Waals surface area contributed by atoms with Crippen LogP contribution in [-0.2, 0) is 14.4 Å². The third kappa shape index (κ3) is 7.43. The fraction of sp³-hybridized carbons (Fsp3) is 0.769. The van der Waals surface area contributed by atoms with Gasteiger partial charge in [0.25, 0.3) is 0 Å². The molecular formula is C13H24N2O4. The van der Waals surface area contributed by atoms with Crippen molar-refractivity contribution in [1.82, 2.24) is 10.6 Å². The molecule has 0 bridgehead atoms. The molecule has 3 N–H and O–H groups in total. The molecule has 0 heterocycles. The fourth-order valence-corrected chi connectivity index (χ4v) is 1.52. The number of hydrogen-bond donors (Lipinski definition) is 3. The van der Waals surface area contributed by atoms with Gasteiger partial charge in [-0.25, -0.2) is 4.79 Å². The second-order valence-corrected chi connectivity index (χ2v) is 4.83. The molecule has 0 fully saturated rings. The Balaban J connectivity index is 3.81. The summed E-state index contributed by atoms with van der Waals surface area (Å²) < 4.78 is 0. The molecular weight excluding hydrogens is 248 g/mol. The molecule has 1 unspecified atom stereocenters. The third-order valence-corrected chi connectivity index (χ3v) is 3.05. The summed E-state index contributed by atoms with van der Waals surface area (Å²) in [5.41, 5.74) is -1.19. The van der Waals surface area contributed by atoms with Crippen LogP contribution in [0.5, 0.6) is 0 Å². The SMILES string of the molecule is CCC(C)(NC(=O)CCCCCNC(C)=O)C(=O)O. The van der Waals surface area contributed by atoms with Gasteiger partial charge in [-0.15, -0.1) is 0 Å². The maximum atomic E-state index is 11.6. The monoisotopic (exact) mass is 272 g/mol. The molecule has 0 aliphatic rings. The molecule has 6 nitrogen and oxygen atoms in total. The molecule has 0 aromatic rings. The van der Waals surface area contributed by atoms with Crippen molar-refractivity contribution in [2.24, 2.45) is 0 Å². The lowest BCUT2D eigenvalue weighted by atomic mass is 9.99. The zero-order chi connectivity index (χ0) is 14.9. The lowest BCUT2D eigenvalue weighted by molar-refractivity contribution is -0.147. The highest BCUT2D eigenvalue weighted by Gasteiger charge is 2.32. The summed E-state index contributed by atoms with van der Waals surface area (Å²) in [7, 11) is 0. The van der Waals surface area contributed by atoms with Crippen molar-refractivity contribution < 1.29 is 19.5 Å². The largest absolute Gasteiger partial charge is 0.480 e. The first-order chi connectivity index (χ1) is 8.81. The van der Waals surface area contributed by atoms with Gasteiger partial charge in [-0.1, -0.05) is 13.3 Å². The Kier molecular flexibility index (Phi) is 7.79. The Morgan fingerprint density at radius 2 is 1.79 bits per heavy atom. The molecule has 0 spiro atoms. The molecule has 19 heavy (non-hydrogen) atoms. The van der Waals surface area contributed by atoms with Crippen LogP contribution in [0.4, 0.5) is 0 Å². The Bertz CT molecular complexity index is 331. The molecule has 0 saturated carbocycles. The van der Waals surface area contributed by atoms with Gasteiger partial charge < -0.3 is 15.7 Å². The van der Waals surface area contributed by atoms with E-state index in [0.29, 0.717) is 25.8 Å². The molecule has 6 heteroatoms. The van der Waals surface area contributed by atoms with E-state index in [1.54, 1.807) is 6.92 Å². The number of amides is 2. The van der Waals surface area contributed by atoms with Gasteiger partial charge in [0.15, 0.2) is 0 Å². The summed E-state index contributed by atoms with van der Waals surface area (Å²) in [6.45, 7) is 5.30. The Morgan fingerprint density at radius 3 is 2.26 bits per heavy atom. The molecule has 0 radical (unpaired) electrons. The van der Waals surface area contributed by atoms with Crippen molar-refractivity contribution in [2.45, 2.75) is 58.4 Å². The maximum Gasteiger partial charge on any atom is 0.329 e. The minimum absolute atomic E-state index is 0.0575. The fourth-order valence-electron chi connectivity index (χ4n) is 1.52. The summed E-state index contributed by atoms with van der Waals surface area (Å²) in [5, 5.41) is 14.2. The van der Waals surface area contributed by atoms with Crippen LogP contribution in [0.1, 0.15) is 52.9 Å². The van der Waals surface area contributed by atoms with Crippen LogP contribution in [0.3, 0.4) is 0 Å². The zero-order valence-electron chi connectivity index (χ0n) is 11.9. The highest BCUT2D eigenvalue weighted by Crippen LogP contribution is 2.10. The first-order valence-corrected chi connectivity index (χ1v) is 6.60. The summed E-state index contributed by atoms with van der Waals surface area (Å²) >= 11 is 0. The zero-order valence-corrected chi connectivity index (χ0v) is 11.9. The van der Waals surface area contributed by atoms with Gasteiger partial charge in [0, 0.05) is 19.9 Å². The van der Waals surface area contributed by atoms with Crippen LogP contribution in [0.25, 0.3) is 0 Å². The van der Waals surface area contributed by atoms with Gasteiger partial charge in [0.1, 0.15) is 5.54 Å². The van der Waals surface area contributed by atoms with E-state index >= 15 is 0 Å². The van der Waals surface area contributed by atoms with Gasteiger partial charge in [-0.3, -0.25) is 9.59 Å². The van der Waals surface area contributed by atoms with E-state index in [1.165, 1.54) is 13.8 Å². The van der Waals surface area contributed by atoms with Crippen molar-refractivity contribution in [3.63, 3.8) is 0 Å². The van der Waals surface area contributed by atoms with Gasteiger partial charge in [0.05, 0.1) is 0 Å². The van der Waals surface area contributed by atoms with Gasteiger partial charge in [-0.2, -0.15) is 0 Å². The van der Waals surface area contributed by atoms with E-state index < -0.39 is 11.5 Å². The average Bonchev–Trinajstić information content (AvgIpc) is 2.32. The van der Waals surface area contributed by atoms with Crippen molar-refractivity contribution >= 4 is 17.8 Å². The number of carboxylic acid groups (broad SMARTS) is 1. The van der Waals surface area contributed by atoms with E-state index in [0.717, 1.165) is 12.8 Å². The number of hydrogen-bond acceptors (Lipinski definition) is 3. The lowest BCUT2D eigenvalue weighted by Gasteiger charge is -2.24. The van der Waals surface area contributed by atoms with Crippen LogP contribution in [0.2, 0.25) is 0 Å². The van der Waals surface area contributed by atoms with Crippen LogP contribution in [0.15, 0.2) is 0 Å². The van der Waals surface area contributed by atoms with Crippen LogP contribution in [-0.4, -0.2) is 35.0 Å². The molecule has 2 amide bonds. The molecule has 0 aliphatic heterocycles. The molecule has 0 aromatic heterocycles. The normalized spacial score (nSPS) is 13.4. The maximum absolute atomic E-state index is 11.6. The first kappa shape index (κ1) is 17.4. The number of rotatable bonds is 9. The summed E-state index contributed by atoms with van der Waals surface area (Å²) in [6, 6.07) is 0. The second kappa shape index (κ2) is 8.50. The smallest absolute Gasteiger partial charge is 0.329 e. The number of aliphatic carboxylic acids is 1. The molecule has 0 saturated heterocycles. The van der Waals surface area contributed by atoms with Gasteiger partial charge in [-0.05, 0) is 26.2 Å². The summed E-state index contributed by atoms with van der Waals surface area (Å²) in [6.07, 6.45) is 2.98. The number of carboxylic acids is 1. The van der Waals surface area contributed by atoms with E-state index in [1.807, 2.05) is 0 Å². The Labute approximate surface area is 113 Å². The lowest BCUT2D eigenvalue weighted by Crippen LogP contribution is -2.51. The van der Waals surface area contributed by atoms with Crippen LogP contribution < -0.4 is 10.6 Å². The number of carbonyl (C=O) groups is 3. The van der Waals surface area contributed by atoms with Crippen molar-refractivity contribution in [3.05, 3.63) is 0 Å². The highest BCUT2D eigenvalue weighted by molar-refractivity contribution is 5.86. The topological polar surface area (TPSA) is 95.5 Å². The van der Waals surface area contributed by atoms with E-state index in [2.05, 4.69) is 10.6 Å². The molecule has 0 rings (SSSR count). The Morgan fingerprint density at radius 1 is 1.16 bits per heavy atom. The molecule has 1 atom stereocenters. The van der Waals surface area contributed by atoms with Gasteiger partial charge in [0.2, 0.25) is 11.8 Å². The van der Waals surface area contributed by atoms with Crippen LogP contribution >= 0.6 is 0 Å². The second-order valence-electron chi connectivity index (χ2n) is 4.83. The quantitative estimate of drug-likeness (QED) is 0.547. The number of nitrogens with one attached hydrogen (secondary N) is 2. The Hall–Kier alpha value is -1.59. The minimum Gasteiger partial charge on any atom is -0.480 e. The predicted molar refractivity (Wildman–Crippen MR) is 71.6 cm³/mol. The first-order valence-electron chi connectivity index (χ1n) is 6.60. The highest BCUT2D eigenvalue weighted by atomic mass is 16.4. The van der Waals surface area contributed by atoms with Crippen molar-refractivity contribution in [1.29, 1.82) is 0 Å². The van der Waals surface area contributed by atoms with Crippen molar-refractivity contribution in [3.8, 4) is 0 Å². The van der Waals surface area contributed by atoms with E-state index in [9.17, 15) is 14.4 Å². The summed E-state index contributed by atoms with van der Waals surface area (Å²) in [5.74, 6) is -1.32. The molecule has 0 aromatic carbocycles. The minimum atomic E-state index is -1.19. The number of unbranched alkanes of at least 4 members (excludes halogenated alkanes) is 2. The van der Waals surface area contributed by atoms with Gasteiger partial charge >= 0.3 is 5.97 Å². The summed E-state index contributed by atoms with van der Waals surface area (Å²) in [4.78, 5) is 33.2. The van der Waals surface area contributed by atoms with Crippen LogP contribution in [0, 0.1) is 0 Å². The van der Waals surface area contributed by atoms with Crippen molar-refractivity contribution in [2.75, 3.05) is 6.54 Å². The van der Waals surface area contributed by atoms with E-state index in [4.69, 9.17) is 5.11 Å². The average molecular weight is 272 g/mol. The molecule has 110 valence electrons. The number of carbonyl (C=O) groups excluding carboxylic acids is 2. The standard InChI is InChI=1S/C13H24N2O4/c1-4-13(3,12(18)19)15-11(17)8-6-5-7-9-14-10(2)16/h4-9H2,1-3H3,(H,14,16)(H,15,17)(H,18,19). The molecule has 0 aliphatic carbocycles. The third-order valence-electron chi connectivity index (χ3n) is 3.05. The predicted octanol–water partition coefficient (Wildman–Crippen LogP) is 1.05. The van der Waals surface area contributed by atoms with E-state index in [-0.39, 0.29) is 11.8 Å².